The Morgan fingerprint density at radius 3 is 2.57 bits per heavy atom. The molecule has 0 aliphatic rings. The smallest absolute Gasteiger partial charge is 0.254 e. The van der Waals surface area contributed by atoms with Crippen molar-refractivity contribution in [2.24, 2.45) is 0 Å². The number of ether oxygens (including phenoxy) is 1. The van der Waals surface area contributed by atoms with E-state index in [1.54, 1.807) is 7.11 Å². The van der Waals surface area contributed by atoms with Crippen molar-refractivity contribution in [3.8, 4) is 0 Å². The summed E-state index contributed by atoms with van der Waals surface area (Å²) in [4.78, 5) is 14.5. The third-order valence-corrected chi connectivity index (χ3v) is 4.08. The molecule has 21 heavy (non-hydrogen) atoms. The summed E-state index contributed by atoms with van der Waals surface area (Å²) >= 11 is 3.46. The fourth-order valence-corrected chi connectivity index (χ4v) is 2.88. The van der Waals surface area contributed by atoms with Gasteiger partial charge in [-0.3, -0.25) is 4.79 Å². The summed E-state index contributed by atoms with van der Waals surface area (Å²) in [6.45, 7) is 5.20. The third-order valence-electron chi connectivity index (χ3n) is 3.59. The lowest BCUT2D eigenvalue weighted by Gasteiger charge is -2.27. The van der Waals surface area contributed by atoms with E-state index in [0.29, 0.717) is 13.2 Å². The van der Waals surface area contributed by atoms with E-state index in [1.165, 1.54) is 0 Å². The van der Waals surface area contributed by atoms with E-state index in [2.05, 4.69) is 22.0 Å². The summed E-state index contributed by atoms with van der Waals surface area (Å²) in [5.41, 5.74) is 0.717. The van der Waals surface area contributed by atoms with E-state index in [-0.39, 0.29) is 11.9 Å². The van der Waals surface area contributed by atoms with Crippen LogP contribution in [-0.2, 0) is 4.74 Å². The maximum absolute atomic E-state index is 12.7. The number of rotatable bonds is 5. The number of likely N-dealkylation sites (N-methyl/N-ethyl adjacent to an activating group) is 1. The standard InChI is InChI=1S/C17H20BrNO2/c1-4-19(12(2)11-21-3)17(20)15-6-5-14-10-16(18)8-7-13(14)9-15/h5-10,12H,4,11H2,1-3H3. The molecule has 2 aromatic carbocycles. The van der Waals surface area contributed by atoms with Gasteiger partial charge in [-0.25, -0.2) is 0 Å². The van der Waals surface area contributed by atoms with E-state index in [9.17, 15) is 4.79 Å². The minimum atomic E-state index is 0.0480. The van der Waals surface area contributed by atoms with Crippen LogP contribution in [0.4, 0.5) is 0 Å². The third kappa shape index (κ3) is 3.63. The van der Waals surface area contributed by atoms with Crippen molar-refractivity contribution in [2.45, 2.75) is 19.9 Å². The Kier molecular flexibility index (Phi) is 5.37. The van der Waals surface area contributed by atoms with E-state index in [4.69, 9.17) is 4.74 Å². The first-order valence-electron chi connectivity index (χ1n) is 7.06. The van der Waals surface area contributed by atoms with Gasteiger partial charge in [0.15, 0.2) is 0 Å². The van der Waals surface area contributed by atoms with Crippen LogP contribution in [0.3, 0.4) is 0 Å². The quantitative estimate of drug-likeness (QED) is 0.813. The maximum atomic E-state index is 12.7. The summed E-state index contributed by atoms with van der Waals surface area (Å²) in [7, 11) is 1.66. The van der Waals surface area contributed by atoms with Gasteiger partial charge in [-0.05, 0) is 48.9 Å². The molecule has 0 bridgehead atoms. The van der Waals surface area contributed by atoms with E-state index in [0.717, 1.165) is 20.8 Å². The summed E-state index contributed by atoms with van der Waals surface area (Å²) in [5, 5.41) is 2.19. The Bertz CT molecular complexity index is 642. The Labute approximate surface area is 134 Å². The molecule has 0 radical (unpaired) electrons. The van der Waals surface area contributed by atoms with Crippen LogP contribution in [0, 0.1) is 0 Å². The van der Waals surface area contributed by atoms with Gasteiger partial charge < -0.3 is 9.64 Å². The van der Waals surface area contributed by atoms with Crippen molar-refractivity contribution in [3.05, 3.63) is 46.4 Å². The maximum Gasteiger partial charge on any atom is 0.254 e. The average molecular weight is 350 g/mol. The first-order chi connectivity index (χ1) is 10.1. The van der Waals surface area contributed by atoms with Gasteiger partial charge in [0, 0.05) is 23.7 Å². The van der Waals surface area contributed by atoms with Crippen molar-refractivity contribution < 1.29 is 9.53 Å². The number of methoxy groups -OCH3 is 1. The molecule has 4 heteroatoms. The number of carbonyl (C=O) groups excluding carboxylic acids is 1. The van der Waals surface area contributed by atoms with E-state index in [1.807, 2.05) is 49.1 Å². The number of nitrogens with zero attached hydrogens (tertiary/aromatic N) is 1. The number of amides is 1. The first kappa shape index (κ1) is 16.0. The number of hydrogen-bond donors (Lipinski definition) is 0. The minimum Gasteiger partial charge on any atom is -0.383 e. The predicted octanol–water partition coefficient (Wildman–Crippen LogP) is 4.10. The second-order valence-electron chi connectivity index (χ2n) is 5.10. The van der Waals surface area contributed by atoms with Crippen LogP contribution in [-0.4, -0.2) is 37.1 Å². The van der Waals surface area contributed by atoms with Crippen molar-refractivity contribution in [1.82, 2.24) is 4.90 Å². The topological polar surface area (TPSA) is 29.5 Å². The summed E-state index contributed by atoms with van der Waals surface area (Å²) < 4.78 is 6.20. The summed E-state index contributed by atoms with van der Waals surface area (Å²) in [6.07, 6.45) is 0. The second-order valence-corrected chi connectivity index (χ2v) is 6.02. The zero-order chi connectivity index (χ0) is 15.4. The molecule has 2 aromatic rings. The van der Waals surface area contributed by atoms with Gasteiger partial charge in [-0.1, -0.05) is 28.1 Å². The predicted molar refractivity (Wildman–Crippen MR) is 89.7 cm³/mol. The first-order valence-corrected chi connectivity index (χ1v) is 7.85. The van der Waals surface area contributed by atoms with Gasteiger partial charge in [-0.2, -0.15) is 0 Å². The van der Waals surface area contributed by atoms with Gasteiger partial charge in [0.1, 0.15) is 0 Å². The zero-order valence-electron chi connectivity index (χ0n) is 12.6. The van der Waals surface area contributed by atoms with Crippen LogP contribution in [0.5, 0.6) is 0 Å². The molecule has 0 aliphatic carbocycles. The van der Waals surface area contributed by atoms with Gasteiger partial charge in [0.25, 0.3) is 5.91 Å². The lowest BCUT2D eigenvalue weighted by Crippen LogP contribution is -2.40. The van der Waals surface area contributed by atoms with Crippen LogP contribution in [0.2, 0.25) is 0 Å². The molecule has 1 amide bonds. The van der Waals surface area contributed by atoms with Gasteiger partial charge in [-0.15, -0.1) is 0 Å². The molecule has 1 unspecified atom stereocenters. The Hall–Kier alpha value is -1.39. The summed E-state index contributed by atoms with van der Waals surface area (Å²) in [5.74, 6) is 0.0480. The Morgan fingerprint density at radius 1 is 1.24 bits per heavy atom. The largest absolute Gasteiger partial charge is 0.383 e. The molecule has 0 fully saturated rings. The number of fused-ring (bicyclic) bond motifs is 1. The van der Waals surface area contributed by atoms with Crippen molar-refractivity contribution in [1.29, 1.82) is 0 Å². The highest BCUT2D eigenvalue weighted by molar-refractivity contribution is 9.10. The average Bonchev–Trinajstić information content (AvgIpc) is 2.47. The highest BCUT2D eigenvalue weighted by atomic mass is 79.9. The number of carbonyl (C=O) groups is 1. The fourth-order valence-electron chi connectivity index (χ4n) is 2.50. The SMILES string of the molecule is CCN(C(=O)c1ccc2cc(Br)ccc2c1)C(C)COC. The molecule has 1 atom stereocenters. The van der Waals surface area contributed by atoms with Gasteiger partial charge in [0.05, 0.1) is 12.6 Å². The molecule has 0 saturated heterocycles. The molecule has 0 saturated carbocycles. The molecule has 2 rings (SSSR count). The number of benzene rings is 2. The van der Waals surface area contributed by atoms with Crippen molar-refractivity contribution in [3.63, 3.8) is 0 Å². The van der Waals surface area contributed by atoms with Crippen LogP contribution in [0.25, 0.3) is 10.8 Å². The van der Waals surface area contributed by atoms with Gasteiger partial charge >= 0.3 is 0 Å². The zero-order valence-corrected chi connectivity index (χ0v) is 14.2. The molecular weight excluding hydrogens is 330 g/mol. The molecule has 112 valence electrons. The molecule has 3 nitrogen and oxygen atoms in total. The second kappa shape index (κ2) is 7.05. The van der Waals surface area contributed by atoms with Gasteiger partial charge in [0.2, 0.25) is 0 Å². The highest BCUT2D eigenvalue weighted by Crippen LogP contribution is 2.22. The minimum absolute atomic E-state index is 0.0480. The molecular formula is C17H20BrNO2. The monoisotopic (exact) mass is 349 g/mol. The lowest BCUT2D eigenvalue weighted by atomic mass is 10.1. The highest BCUT2D eigenvalue weighted by Gasteiger charge is 2.20. The van der Waals surface area contributed by atoms with Crippen LogP contribution in [0.1, 0.15) is 24.2 Å². The van der Waals surface area contributed by atoms with Crippen LogP contribution >= 0.6 is 15.9 Å². The number of halogens is 1. The molecule has 0 aliphatic heterocycles. The van der Waals surface area contributed by atoms with Crippen molar-refractivity contribution >= 4 is 32.6 Å². The Morgan fingerprint density at radius 2 is 1.90 bits per heavy atom. The normalized spacial score (nSPS) is 12.4. The van der Waals surface area contributed by atoms with E-state index >= 15 is 0 Å². The van der Waals surface area contributed by atoms with Crippen LogP contribution in [0.15, 0.2) is 40.9 Å². The van der Waals surface area contributed by atoms with Crippen molar-refractivity contribution in [2.75, 3.05) is 20.3 Å². The summed E-state index contributed by atoms with van der Waals surface area (Å²) in [6, 6.07) is 11.9. The van der Waals surface area contributed by atoms with Crippen LogP contribution < -0.4 is 0 Å². The molecule has 0 aromatic heterocycles. The molecule has 0 N–H and O–H groups in total. The molecule has 0 heterocycles. The lowest BCUT2D eigenvalue weighted by molar-refractivity contribution is 0.0579. The van der Waals surface area contributed by atoms with E-state index < -0.39 is 0 Å². The number of hydrogen-bond acceptors (Lipinski definition) is 2. The Balaban J connectivity index is 2.31. The molecule has 0 spiro atoms. The fraction of sp³-hybridized carbons (Fsp3) is 0.353.